The smallest absolute Gasteiger partial charge is 0.101 e. The van der Waals surface area contributed by atoms with Crippen LogP contribution in [0.1, 0.15) is 12.5 Å². The Balaban J connectivity index is 2.68. The van der Waals surface area contributed by atoms with Crippen LogP contribution >= 0.6 is 0 Å². The van der Waals surface area contributed by atoms with Crippen molar-refractivity contribution in [1.29, 1.82) is 0 Å². The van der Waals surface area contributed by atoms with Crippen molar-refractivity contribution in [2.75, 3.05) is 0 Å². The quantitative estimate of drug-likeness (QED) is 0.513. The zero-order valence-corrected chi connectivity index (χ0v) is 10.4. The molecule has 0 unspecified atom stereocenters. The molecule has 0 nitrogen and oxygen atoms in total. The lowest BCUT2D eigenvalue weighted by atomic mass is 9.49. The fourth-order valence-electron chi connectivity index (χ4n) is 1.57. The maximum atomic E-state index is 4.00. The van der Waals surface area contributed by atoms with Crippen molar-refractivity contribution in [1.82, 2.24) is 0 Å². The summed E-state index contributed by atoms with van der Waals surface area (Å²) in [5.41, 5.74) is 4.10. The second-order valence-electron chi connectivity index (χ2n) is 4.85. The maximum Gasteiger partial charge on any atom is 0.169 e. The van der Waals surface area contributed by atoms with Gasteiger partial charge in [0.05, 0.1) is 0 Å². The largest absolute Gasteiger partial charge is 0.169 e. The molecule has 0 radical (unpaired) electrons. The fourth-order valence-corrected chi connectivity index (χ4v) is 1.57. The molecule has 0 amide bonds. The number of rotatable bonds is 4. The van der Waals surface area contributed by atoms with E-state index in [1.165, 1.54) is 16.6 Å². The van der Waals surface area contributed by atoms with Crippen LogP contribution < -0.4 is 5.46 Å². The minimum absolute atomic E-state index is 0.579. The molecule has 0 saturated heterocycles. The fraction of sp³-hybridized carbons (Fsp3) is 0.385. The molecule has 0 aliphatic heterocycles. The molecular weight excluding hydrogens is 178 g/mol. The Labute approximate surface area is 95.3 Å². The van der Waals surface area contributed by atoms with Gasteiger partial charge < -0.3 is 0 Å². The van der Waals surface area contributed by atoms with E-state index in [0.717, 1.165) is 6.42 Å². The normalized spacial score (nSPS) is 12.2. The monoisotopic (exact) mass is 198 g/mol. The van der Waals surface area contributed by atoms with Crippen LogP contribution in [-0.2, 0) is 6.42 Å². The summed E-state index contributed by atoms with van der Waals surface area (Å²) in [4.78, 5) is 0. The molecule has 2 heteroatoms. The van der Waals surface area contributed by atoms with Gasteiger partial charge in [-0.1, -0.05) is 48.9 Å². The highest BCUT2D eigenvalue weighted by molar-refractivity contribution is 6.70. The molecule has 78 valence electrons. The van der Waals surface area contributed by atoms with Crippen LogP contribution in [-0.4, -0.2) is 14.6 Å². The minimum Gasteiger partial charge on any atom is -0.101 e. The highest BCUT2D eigenvalue weighted by Crippen LogP contribution is 2.16. The van der Waals surface area contributed by atoms with Crippen molar-refractivity contribution in [2.24, 2.45) is 0 Å². The van der Waals surface area contributed by atoms with Crippen molar-refractivity contribution >= 4 is 20.0 Å². The summed E-state index contributed by atoms with van der Waals surface area (Å²) in [6.07, 6.45) is 1.10. The number of hydrogen-bond donors (Lipinski definition) is 0. The molecule has 0 saturated carbocycles. The molecule has 0 N–H and O–H groups in total. The Kier molecular flexibility index (Phi) is 4.26. The summed E-state index contributed by atoms with van der Waals surface area (Å²) in [6, 6.07) is 8.97. The predicted molar refractivity (Wildman–Crippen MR) is 74.4 cm³/mol. The van der Waals surface area contributed by atoms with Crippen LogP contribution in [0.15, 0.2) is 36.4 Å². The second-order valence-corrected chi connectivity index (χ2v) is 4.85. The van der Waals surface area contributed by atoms with Crippen molar-refractivity contribution in [3.05, 3.63) is 42.0 Å². The van der Waals surface area contributed by atoms with E-state index in [1.54, 1.807) is 0 Å². The predicted octanol–water partition coefficient (Wildman–Crippen LogP) is 2.19. The first-order valence-corrected chi connectivity index (χ1v) is 5.75. The summed E-state index contributed by atoms with van der Waals surface area (Å²) < 4.78 is 0. The molecule has 0 aromatic heterocycles. The van der Waals surface area contributed by atoms with Crippen molar-refractivity contribution in [3.63, 3.8) is 0 Å². The van der Waals surface area contributed by atoms with Crippen LogP contribution in [0, 0.1) is 0 Å². The number of hydrogen-bond acceptors (Lipinski definition) is 0. The molecule has 0 spiro atoms. The van der Waals surface area contributed by atoms with Crippen LogP contribution in [0.25, 0.3) is 0 Å². The van der Waals surface area contributed by atoms with Crippen molar-refractivity contribution in [2.45, 2.75) is 32.8 Å². The van der Waals surface area contributed by atoms with Gasteiger partial charge in [0.2, 0.25) is 0 Å². The van der Waals surface area contributed by atoms with Gasteiger partial charge in [-0.15, -0.1) is 6.58 Å². The summed E-state index contributed by atoms with van der Waals surface area (Å²) in [6.45, 7) is 11.2. The van der Waals surface area contributed by atoms with Crippen LogP contribution in [0.4, 0.5) is 0 Å². The van der Waals surface area contributed by atoms with Crippen LogP contribution in [0.5, 0.6) is 0 Å². The first-order valence-electron chi connectivity index (χ1n) is 5.75. The third-order valence-corrected chi connectivity index (χ3v) is 3.03. The number of benzene rings is 1. The zero-order chi connectivity index (χ0) is 11.4. The Morgan fingerprint density at radius 2 is 1.87 bits per heavy atom. The molecular formula is C13H20B2. The summed E-state index contributed by atoms with van der Waals surface area (Å²) >= 11 is 0. The summed E-state index contributed by atoms with van der Waals surface area (Å²) in [5.74, 6) is 0.579. The summed E-state index contributed by atoms with van der Waals surface area (Å²) in [5, 5.41) is 0. The van der Waals surface area contributed by atoms with Gasteiger partial charge in [0.1, 0.15) is 7.85 Å². The van der Waals surface area contributed by atoms with Crippen molar-refractivity contribution < 1.29 is 0 Å². The van der Waals surface area contributed by atoms with E-state index in [1.807, 2.05) is 0 Å². The first kappa shape index (κ1) is 12.2. The highest BCUT2D eigenvalue weighted by Gasteiger charge is 2.05. The lowest BCUT2D eigenvalue weighted by molar-refractivity contribution is 0.940. The lowest BCUT2D eigenvalue weighted by Gasteiger charge is -2.11. The Bertz CT molecular complexity index is 325. The third kappa shape index (κ3) is 3.62. The average molecular weight is 198 g/mol. The van der Waals surface area contributed by atoms with Gasteiger partial charge in [-0.3, -0.25) is 0 Å². The average Bonchev–Trinajstić information content (AvgIpc) is 2.18. The zero-order valence-electron chi connectivity index (χ0n) is 10.4. The summed E-state index contributed by atoms with van der Waals surface area (Å²) in [7, 11) is 2.23. The second kappa shape index (κ2) is 5.25. The molecule has 1 aromatic carbocycles. The first-order chi connectivity index (χ1) is 7.00. The van der Waals surface area contributed by atoms with E-state index in [4.69, 9.17) is 0 Å². The van der Waals surface area contributed by atoms with Gasteiger partial charge in [-0.2, -0.15) is 0 Å². The maximum absolute atomic E-state index is 4.00. The van der Waals surface area contributed by atoms with E-state index in [2.05, 4.69) is 59.3 Å². The standard InChI is InChI=1S/C13H20B2/c1-10(2)13(14)9-11-5-7-12(8-6-11)15(3)4/h5-8,13H,1,9,14H2,2-4H3/t13-/m0/s1. The molecule has 0 bridgehead atoms. The van der Waals surface area contributed by atoms with E-state index in [9.17, 15) is 0 Å². The molecule has 0 fully saturated rings. The molecule has 1 atom stereocenters. The van der Waals surface area contributed by atoms with Gasteiger partial charge in [0, 0.05) is 0 Å². The highest BCUT2D eigenvalue weighted by atomic mass is 14.0. The van der Waals surface area contributed by atoms with E-state index >= 15 is 0 Å². The molecule has 0 aliphatic carbocycles. The topological polar surface area (TPSA) is 0 Å². The minimum atomic E-state index is 0.579. The van der Waals surface area contributed by atoms with Gasteiger partial charge >= 0.3 is 0 Å². The Morgan fingerprint density at radius 3 is 2.27 bits per heavy atom. The molecule has 1 aromatic rings. The van der Waals surface area contributed by atoms with Crippen LogP contribution in [0.3, 0.4) is 0 Å². The Hall–Kier alpha value is -0.910. The van der Waals surface area contributed by atoms with E-state index in [-0.39, 0.29) is 0 Å². The Morgan fingerprint density at radius 1 is 1.33 bits per heavy atom. The molecule has 0 aliphatic rings. The SMILES string of the molecule is B[C@@H](Cc1ccc(B(C)C)cc1)C(=C)C. The van der Waals surface area contributed by atoms with Gasteiger partial charge in [0.15, 0.2) is 6.71 Å². The van der Waals surface area contributed by atoms with Gasteiger partial charge in [0.25, 0.3) is 0 Å². The van der Waals surface area contributed by atoms with E-state index in [0.29, 0.717) is 12.5 Å². The van der Waals surface area contributed by atoms with Gasteiger partial charge in [-0.05, 0) is 24.7 Å². The third-order valence-electron chi connectivity index (χ3n) is 3.03. The van der Waals surface area contributed by atoms with Crippen LogP contribution in [0.2, 0.25) is 19.5 Å². The van der Waals surface area contributed by atoms with Gasteiger partial charge in [-0.25, -0.2) is 0 Å². The lowest BCUT2D eigenvalue weighted by Crippen LogP contribution is -2.22. The number of allylic oxidation sites excluding steroid dienone is 1. The van der Waals surface area contributed by atoms with Crippen molar-refractivity contribution in [3.8, 4) is 0 Å². The van der Waals surface area contributed by atoms with E-state index < -0.39 is 0 Å². The molecule has 1 rings (SSSR count). The molecule has 0 heterocycles. The molecule has 15 heavy (non-hydrogen) atoms.